The molecule has 0 aliphatic carbocycles. The fourth-order valence-corrected chi connectivity index (χ4v) is 1.54. The molecule has 0 unspecified atom stereocenters. The third-order valence-electron chi connectivity index (χ3n) is 2.56. The van der Waals surface area contributed by atoms with E-state index in [-0.39, 0.29) is 5.57 Å². The number of nitriles is 1. The minimum atomic E-state index is -0.410. The number of hydrogen-bond donors (Lipinski definition) is 0. The molecule has 0 radical (unpaired) electrons. The summed E-state index contributed by atoms with van der Waals surface area (Å²) in [6.07, 6.45) is 6.14. The Kier molecular flexibility index (Phi) is 3.48. The Labute approximate surface area is 110 Å². The molecule has 0 saturated carbocycles. The molecule has 0 aliphatic heterocycles. The van der Waals surface area contributed by atoms with Gasteiger partial charge in [-0.3, -0.25) is 9.48 Å². The molecule has 0 aromatic carbocycles. The van der Waals surface area contributed by atoms with Gasteiger partial charge >= 0.3 is 0 Å². The Balaban J connectivity index is 2.25. The maximum atomic E-state index is 12.2. The van der Waals surface area contributed by atoms with Gasteiger partial charge < -0.3 is 9.32 Å². The van der Waals surface area contributed by atoms with Crippen LogP contribution >= 0.6 is 0 Å². The lowest BCUT2D eigenvalue weighted by Crippen LogP contribution is -2.26. The van der Waals surface area contributed by atoms with Gasteiger partial charge in [-0.25, -0.2) is 0 Å². The lowest BCUT2D eigenvalue weighted by molar-refractivity contribution is -0.114. The maximum Gasteiger partial charge on any atom is 0.268 e. The molecule has 0 N–H and O–H groups in total. The number of aryl methyl sites for hydroxylation is 1. The summed E-state index contributed by atoms with van der Waals surface area (Å²) in [4.78, 5) is 13.5. The van der Waals surface area contributed by atoms with E-state index in [0.717, 1.165) is 0 Å². The lowest BCUT2D eigenvalue weighted by atomic mass is 10.2. The first kappa shape index (κ1) is 12.6. The summed E-state index contributed by atoms with van der Waals surface area (Å²) in [7, 11) is 3.35. The summed E-state index contributed by atoms with van der Waals surface area (Å²) < 4.78 is 6.68. The predicted octanol–water partition coefficient (Wildman–Crippen LogP) is 1.58. The van der Waals surface area contributed by atoms with E-state index < -0.39 is 5.91 Å². The second-order valence-electron chi connectivity index (χ2n) is 3.92. The van der Waals surface area contributed by atoms with Crippen LogP contribution in [0.5, 0.6) is 0 Å². The summed E-state index contributed by atoms with van der Waals surface area (Å²) in [5.41, 5.74) is 0.620. The molecule has 19 heavy (non-hydrogen) atoms. The van der Waals surface area contributed by atoms with Gasteiger partial charge in [0.1, 0.15) is 17.4 Å². The minimum Gasteiger partial charge on any atom is -0.465 e. The molecule has 0 bridgehead atoms. The number of carbonyl (C=O) groups is 1. The van der Waals surface area contributed by atoms with Crippen molar-refractivity contribution in [3.05, 3.63) is 42.1 Å². The van der Waals surface area contributed by atoms with Crippen LogP contribution in [0, 0.1) is 11.3 Å². The first-order valence-electron chi connectivity index (χ1n) is 5.54. The van der Waals surface area contributed by atoms with E-state index in [4.69, 9.17) is 9.68 Å². The normalized spacial score (nSPS) is 11.1. The number of rotatable bonds is 3. The molecule has 2 rings (SSSR count). The number of aromatic nitrogens is 2. The van der Waals surface area contributed by atoms with Crippen molar-refractivity contribution >= 4 is 17.7 Å². The topological polar surface area (TPSA) is 75.1 Å². The van der Waals surface area contributed by atoms with E-state index in [0.29, 0.717) is 11.4 Å². The van der Waals surface area contributed by atoms with Crippen LogP contribution in [0.3, 0.4) is 0 Å². The quantitative estimate of drug-likeness (QED) is 0.617. The average Bonchev–Trinajstić information content (AvgIpc) is 3.05. The molecule has 1 amide bonds. The predicted molar refractivity (Wildman–Crippen MR) is 68.9 cm³/mol. The van der Waals surface area contributed by atoms with Crippen molar-refractivity contribution < 1.29 is 9.21 Å². The van der Waals surface area contributed by atoms with Crippen molar-refractivity contribution in [3.8, 4) is 6.07 Å². The van der Waals surface area contributed by atoms with Gasteiger partial charge in [0.25, 0.3) is 5.91 Å². The first-order chi connectivity index (χ1) is 9.11. The second-order valence-corrected chi connectivity index (χ2v) is 3.92. The second kappa shape index (κ2) is 5.23. The van der Waals surface area contributed by atoms with Crippen molar-refractivity contribution in [1.82, 2.24) is 9.78 Å². The van der Waals surface area contributed by atoms with Crippen molar-refractivity contribution in [2.45, 2.75) is 0 Å². The highest BCUT2D eigenvalue weighted by Crippen LogP contribution is 2.15. The zero-order valence-corrected chi connectivity index (χ0v) is 10.6. The SMILES string of the molecule is CN(C(=O)/C(C#N)=C\c1ccco1)c1cnn(C)c1. The molecule has 0 spiro atoms. The van der Waals surface area contributed by atoms with Crippen LogP contribution in [-0.2, 0) is 11.8 Å². The van der Waals surface area contributed by atoms with Crippen molar-refractivity contribution in [2.75, 3.05) is 11.9 Å². The van der Waals surface area contributed by atoms with E-state index in [2.05, 4.69) is 5.10 Å². The lowest BCUT2D eigenvalue weighted by Gasteiger charge is -2.13. The van der Waals surface area contributed by atoms with Gasteiger partial charge in [0.2, 0.25) is 0 Å². The standard InChI is InChI=1S/C13H12N4O2/c1-16-9-11(8-15-16)17(2)13(18)10(7-14)6-12-4-3-5-19-12/h3-6,8-9H,1-2H3/b10-6-. The Morgan fingerprint density at radius 2 is 2.42 bits per heavy atom. The Morgan fingerprint density at radius 3 is 2.95 bits per heavy atom. The van der Waals surface area contributed by atoms with E-state index in [1.54, 1.807) is 43.3 Å². The highest BCUT2D eigenvalue weighted by molar-refractivity contribution is 6.10. The molecule has 2 aromatic rings. The third kappa shape index (κ3) is 2.72. The van der Waals surface area contributed by atoms with Crippen LogP contribution in [0.4, 0.5) is 5.69 Å². The number of likely N-dealkylation sites (N-methyl/N-ethyl adjacent to an activating group) is 1. The van der Waals surface area contributed by atoms with Gasteiger partial charge in [0.15, 0.2) is 0 Å². The number of amides is 1. The largest absolute Gasteiger partial charge is 0.465 e. The van der Waals surface area contributed by atoms with E-state index >= 15 is 0 Å². The van der Waals surface area contributed by atoms with Crippen LogP contribution in [0.25, 0.3) is 6.08 Å². The van der Waals surface area contributed by atoms with Crippen LogP contribution in [0.2, 0.25) is 0 Å². The van der Waals surface area contributed by atoms with Crippen LogP contribution in [0.15, 0.2) is 40.8 Å². The minimum absolute atomic E-state index is 0.00121. The number of furan rings is 1. The highest BCUT2D eigenvalue weighted by atomic mass is 16.3. The summed E-state index contributed by atoms with van der Waals surface area (Å²) in [6, 6.07) is 5.25. The van der Waals surface area contributed by atoms with E-state index in [9.17, 15) is 4.79 Å². The summed E-state index contributed by atoms with van der Waals surface area (Å²) in [6.45, 7) is 0. The molecule has 0 aliphatic rings. The molecule has 0 saturated heterocycles. The van der Waals surface area contributed by atoms with Gasteiger partial charge in [0.05, 0.1) is 18.1 Å². The Bertz CT molecular complexity index is 646. The van der Waals surface area contributed by atoms with Gasteiger partial charge in [-0.15, -0.1) is 0 Å². The third-order valence-corrected chi connectivity index (χ3v) is 2.56. The maximum absolute atomic E-state index is 12.2. The molecule has 6 nitrogen and oxygen atoms in total. The zero-order valence-electron chi connectivity index (χ0n) is 10.6. The fourth-order valence-electron chi connectivity index (χ4n) is 1.54. The van der Waals surface area contributed by atoms with Crippen molar-refractivity contribution in [1.29, 1.82) is 5.26 Å². The molecule has 96 valence electrons. The summed E-state index contributed by atoms with van der Waals surface area (Å²) in [5, 5.41) is 13.1. The van der Waals surface area contributed by atoms with E-state index in [1.807, 2.05) is 6.07 Å². The molecular weight excluding hydrogens is 244 g/mol. The van der Waals surface area contributed by atoms with E-state index in [1.165, 1.54) is 17.2 Å². The first-order valence-corrected chi connectivity index (χ1v) is 5.54. The number of hydrogen-bond acceptors (Lipinski definition) is 4. The van der Waals surface area contributed by atoms with Crippen LogP contribution in [-0.4, -0.2) is 22.7 Å². The number of carbonyl (C=O) groups excluding carboxylic acids is 1. The molecule has 2 aromatic heterocycles. The van der Waals surface area contributed by atoms with Crippen LogP contribution in [0.1, 0.15) is 5.76 Å². The Morgan fingerprint density at radius 1 is 1.63 bits per heavy atom. The molecule has 0 atom stereocenters. The molecule has 6 heteroatoms. The monoisotopic (exact) mass is 256 g/mol. The fraction of sp³-hybridized carbons (Fsp3) is 0.154. The zero-order chi connectivity index (χ0) is 13.8. The van der Waals surface area contributed by atoms with Gasteiger partial charge in [-0.05, 0) is 12.1 Å². The smallest absolute Gasteiger partial charge is 0.268 e. The number of anilines is 1. The van der Waals surface area contributed by atoms with Gasteiger partial charge in [-0.2, -0.15) is 10.4 Å². The summed E-state index contributed by atoms with van der Waals surface area (Å²) in [5.74, 6) is 0.0522. The molecular formula is C13H12N4O2. The van der Waals surface area contributed by atoms with Crippen molar-refractivity contribution in [3.63, 3.8) is 0 Å². The van der Waals surface area contributed by atoms with Gasteiger partial charge in [-0.1, -0.05) is 0 Å². The Hall–Kier alpha value is -2.81. The van der Waals surface area contributed by atoms with Gasteiger partial charge in [0, 0.05) is 26.4 Å². The average molecular weight is 256 g/mol. The van der Waals surface area contributed by atoms with Crippen LogP contribution < -0.4 is 4.90 Å². The molecule has 2 heterocycles. The number of nitrogens with zero attached hydrogens (tertiary/aromatic N) is 4. The molecule has 0 fully saturated rings. The highest BCUT2D eigenvalue weighted by Gasteiger charge is 2.17. The summed E-state index contributed by atoms with van der Waals surface area (Å²) >= 11 is 0. The van der Waals surface area contributed by atoms with Crippen molar-refractivity contribution in [2.24, 2.45) is 7.05 Å².